The number of benzene rings is 2. The van der Waals surface area contributed by atoms with E-state index in [0.29, 0.717) is 36.5 Å². The van der Waals surface area contributed by atoms with Crippen molar-refractivity contribution in [1.82, 2.24) is 15.1 Å². The molecule has 2 aromatic rings. The van der Waals surface area contributed by atoms with Crippen molar-refractivity contribution in [2.75, 3.05) is 19.6 Å². The van der Waals surface area contributed by atoms with Gasteiger partial charge in [0.2, 0.25) is 11.8 Å². The molecule has 1 aliphatic rings. The molecule has 0 aliphatic carbocycles. The maximum atomic E-state index is 13.2. The number of nitrogens with one attached hydrogen (secondary N) is 1. The van der Waals surface area contributed by atoms with E-state index in [9.17, 15) is 18.8 Å². The standard InChI is InChI=1S/C23H24Cl2FN3O3/c1-2-28(14-21(30)27-13-15-5-8-17(26)9-6-15)23(32)20-4-3-11-29(20)22(31)16-7-10-18(24)19(25)12-16/h5-10,12,20H,2-4,11,13-14H2,1H3,(H,27,30). The third-order valence-electron chi connectivity index (χ3n) is 5.40. The van der Waals surface area contributed by atoms with Gasteiger partial charge in [0.15, 0.2) is 0 Å². The summed E-state index contributed by atoms with van der Waals surface area (Å²) in [6.45, 7) is 2.67. The lowest BCUT2D eigenvalue weighted by Gasteiger charge is -2.29. The highest BCUT2D eigenvalue weighted by atomic mass is 35.5. The molecular formula is C23H24Cl2FN3O3. The molecule has 0 spiro atoms. The maximum absolute atomic E-state index is 13.2. The SMILES string of the molecule is CCN(CC(=O)NCc1ccc(F)cc1)C(=O)C1CCCN1C(=O)c1ccc(Cl)c(Cl)c1. The molecule has 1 atom stereocenters. The molecule has 1 N–H and O–H groups in total. The zero-order chi connectivity index (χ0) is 23.3. The van der Waals surface area contributed by atoms with E-state index in [1.165, 1.54) is 28.0 Å². The van der Waals surface area contributed by atoms with Gasteiger partial charge in [-0.05, 0) is 55.7 Å². The van der Waals surface area contributed by atoms with Crippen LogP contribution in [0.3, 0.4) is 0 Å². The van der Waals surface area contributed by atoms with Crippen LogP contribution in [0.4, 0.5) is 4.39 Å². The average molecular weight is 480 g/mol. The Morgan fingerprint density at radius 1 is 1.12 bits per heavy atom. The summed E-state index contributed by atoms with van der Waals surface area (Å²) in [7, 11) is 0. The molecule has 3 amide bonds. The highest BCUT2D eigenvalue weighted by Crippen LogP contribution is 2.26. The van der Waals surface area contributed by atoms with Crippen molar-refractivity contribution in [3.63, 3.8) is 0 Å². The second-order valence-electron chi connectivity index (χ2n) is 7.54. The van der Waals surface area contributed by atoms with Crippen LogP contribution < -0.4 is 5.32 Å². The summed E-state index contributed by atoms with van der Waals surface area (Å²) in [6.07, 6.45) is 1.22. The summed E-state index contributed by atoms with van der Waals surface area (Å²) in [5.41, 5.74) is 1.11. The van der Waals surface area contributed by atoms with Gasteiger partial charge in [-0.25, -0.2) is 4.39 Å². The molecular weight excluding hydrogens is 456 g/mol. The van der Waals surface area contributed by atoms with E-state index >= 15 is 0 Å². The molecule has 2 aromatic carbocycles. The molecule has 170 valence electrons. The number of hydrogen-bond acceptors (Lipinski definition) is 3. The lowest BCUT2D eigenvalue weighted by atomic mass is 10.1. The van der Waals surface area contributed by atoms with Crippen molar-refractivity contribution in [3.8, 4) is 0 Å². The summed E-state index contributed by atoms with van der Waals surface area (Å²) in [6, 6.07) is 9.80. The molecule has 1 saturated heterocycles. The van der Waals surface area contributed by atoms with E-state index in [1.54, 1.807) is 31.2 Å². The molecule has 1 aliphatic heterocycles. The number of carbonyl (C=O) groups is 3. The van der Waals surface area contributed by atoms with E-state index in [2.05, 4.69) is 5.32 Å². The van der Waals surface area contributed by atoms with Crippen molar-refractivity contribution in [2.24, 2.45) is 0 Å². The van der Waals surface area contributed by atoms with E-state index in [-0.39, 0.29) is 41.7 Å². The lowest BCUT2D eigenvalue weighted by molar-refractivity contribution is -0.139. The van der Waals surface area contributed by atoms with Crippen LogP contribution in [0.2, 0.25) is 10.0 Å². The number of nitrogens with zero attached hydrogens (tertiary/aromatic N) is 2. The zero-order valence-electron chi connectivity index (χ0n) is 17.6. The van der Waals surface area contributed by atoms with Crippen molar-refractivity contribution >= 4 is 40.9 Å². The molecule has 3 rings (SSSR count). The van der Waals surface area contributed by atoms with Gasteiger partial charge in [0.1, 0.15) is 11.9 Å². The Bertz CT molecular complexity index is 1000. The van der Waals surface area contributed by atoms with Gasteiger partial charge >= 0.3 is 0 Å². The number of rotatable bonds is 7. The highest BCUT2D eigenvalue weighted by Gasteiger charge is 2.37. The van der Waals surface area contributed by atoms with E-state index in [0.717, 1.165) is 5.56 Å². The van der Waals surface area contributed by atoms with Crippen LogP contribution in [0.1, 0.15) is 35.7 Å². The van der Waals surface area contributed by atoms with Gasteiger partial charge in [0, 0.05) is 25.2 Å². The first-order valence-corrected chi connectivity index (χ1v) is 11.1. The highest BCUT2D eigenvalue weighted by molar-refractivity contribution is 6.42. The zero-order valence-corrected chi connectivity index (χ0v) is 19.1. The summed E-state index contributed by atoms with van der Waals surface area (Å²) >= 11 is 12.0. The normalized spacial score (nSPS) is 15.5. The lowest BCUT2D eigenvalue weighted by Crippen LogP contribution is -2.50. The van der Waals surface area contributed by atoms with Gasteiger partial charge in [0.05, 0.1) is 16.6 Å². The topological polar surface area (TPSA) is 69.7 Å². The predicted molar refractivity (Wildman–Crippen MR) is 121 cm³/mol. The quantitative estimate of drug-likeness (QED) is 0.654. The minimum absolute atomic E-state index is 0.123. The second kappa shape index (κ2) is 10.8. The first-order chi connectivity index (χ1) is 15.3. The number of halogens is 3. The summed E-state index contributed by atoms with van der Waals surface area (Å²) in [5, 5.41) is 3.36. The fraction of sp³-hybridized carbons (Fsp3) is 0.348. The van der Waals surface area contributed by atoms with E-state index in [4.69, 9.17) is 23.2 Å². The Hall–Kier alpha value is -2.64. The first kappa shape index (κ1) is 24.0. The Balaban J connectivity index is 1.62. The second-order valence-corrected chi connectivity index (χ2v) is 8.36. The largest absolute Gasteiger partial charge is 0.350 e. The Morgan fingerprint density at radius 3 is 2.50 bits per heavy atom. The Kier molecular flexibility index (Phi) is 8.10. The maximum Gasteiger partial charge on any atom is 0.254 e. The molecule has 0 aromatic heterocycles. The van der Waals surface area contributed by atoms with Crippen LogP contribution in [0.5, 0.6) is 0 Å². The van der Waals surface area contributed by atoms with E-state index < -0.39 is 6.04 Å². The van der Waals surface area contributed by atoms with Crippen LogP contribution in [0.25, 0.3) is 0 Å². The summed E-state index contributed by atoms with van der Waals surface area (Å²) < 4.78 is 13.0. The van der Waals surface area contributed by atoms with Crippen LogP contribution >= 0.6 is 23.2 Å². The predicted octanol–water partition coefficient (Wildman–Crippen LogP) is 3.90. The van der Waals surface area contributed by atoms with Crippen molar-refractivity contribution in [3.05, 3.63) is 69.5 Å². The summed E-state index contributed by atoms with van der Waals surface area (Å²) in [5.74, 6) is -1.24. The van der Waals surface area contributed by atoms with Crippen LogP contribution in [-0.4, -0.2) is 53.2 Å². The van der Waals surface area contributed by atoms with Crippen LogP contribution in [0.15, 0.2) is 42.5 Å². The molecule has 0 saturated carbocycles. The van der Waals surface area contributed by atoms with E-state index in [1.807, 2.05) is 0 Å². The Morgan fingerprint density at radius 2 is 1.84 bits per heavy atom. The Labute approximate surface area is 196 Å². The molecule has 6 nitrogen and oxygen atoms in total. The van der Waals surface area contributed by atoms with Gasteiger partial charge in [0.25, 0.3) is 5.91 Å². The van der Waals surface area contributed by atoms with Crippen LogP contribution in [0, 0.1) is 5.82 Å². The molecule has 9 heteroatoms. The molecule has 1 heterocycles. The third-order valence-corrected chi connectivity index (χ3v) is 6.14. The molecule has 1 fully saturated rings. The number of amides is 3. The molecule has 0 bridgehead atoms. The van der Waals surface area contributed by atoms with Gasteiger partial charge in [-0.2, -0.15) is 0 Å². The average Bonchev–Trinajstić information content (AvgIpc) is 3.28. The van der Waals surface area contributed by atoms with Gasteiger partial charge in [-0.1, -0.05) is 35.3 Å². The fourth-order valence-corrected chi connectivity index (χ4v) is 3.95. The third kappa shape index (κ3) is 5.78. The fourth-order valence-electron chi connectivity index (χ4n) is 3.65. The van der Waals surface area contributed by atoms with Crippen molar-refractivity contribution in [2.45, 2.75) is 32.4 Å². The summed E-state index contributed by atoms with van der Waals surface area (Å²) in [4.78, 5) is 41.5. The number of carbonyl (C=O) groups excluding carboxylic acids is 3. The van der Waals surface area contributed by atoms with Gasteiger partial charge < -0.3 is 15.1 Å². The number of likely N-dealkylation sites (N-methyl/N-ethyl adjacent to an activating group) is 1. The van der Waals surface area contributed by atoms with Crippen molar-refractivity contribution < 1.29 is 18.8 Å². The molecule has 32 heavy (non-hydrogen) atoms. The molecule has 0 radical (unpaired) electrons. The van der Waals surface area contributed by atoms with Crippen LogP contribution in [-0.2, 0) is 16.1 Å². The smallest absolute Gasteiger partial charge is 0.254 e. The molecule has 1 unspecified atom stereocenters. The van der Waals surface area contributed by atoms with Gasteiger partial charge in [-0.3, -0.25) is 14.4 Å². The number of hydrogen-bond donors (Lipinski definition) is 1. The minimum Gasteiger partial charge on any atom is -0.350 e. The first-order valence-electron chi connectivity index (χ1n) is 10.4. The van der Waals surface area contributed by atoms with Gasteiger partial charge in [-0.15, -0.1) is 0 Å². The minimum atomic E-state index is -0.637. The monoisotopic (exact) mass is 479 g/mol. The van der Waals surface area contributed by atoms with Crippen molar-refractivity contribution in [1.29, 1.82) is 0 Å². The number of likely N-dealkylation sites (tertiary alicyclic amines) is 1.